The number of hydrogen-bond donors (Lipinski definition) is 1. The van der Waals surface area contributed by atoms with Gasteiger partial charge in [0.2, 0.25) is 5.44 Å². The van der Waals surface area contributed by atoms with E-state index < -0.39 is 21.8 Å². The second kappa shape index (κ2) is 4.47. The van der Waals surface area contributed by atoms with E-state index in [1.165, 1.54) is 0 Å². The summed E-state index contributed by atoms with van der Waals surface area (Å²) >= 11 is 0. The van der Waals surface area contributed by atoms with E-state index >= 15 is 0 Å². The molecule has 3 rings (SSSR count). The number of hydrogen-bond acceptors (Lipinski definition) is 3. The van der Waals surface area contributed by atoms with Crippen LogP contribution < -0.4 is 4.74 Å². The van der Waals surface area contributed by atoms with Gasteiger partial charge in [0.05, 0.1) is 4.90 Å². The van der Waals surface area contributed by atoms with Crippen LogP contribution in [0.4, 0.5) is 0 Å². The number of ether oxygens (including phenoxy) is 1. The fourth-order valence-corrected chi connectivity index (χ4v) is 3.72. The molecule has 98 valence electrons. The van der Waals surface area contributed by atoms with Crippen molar-refractivity contribution in [2.75, 3.05) is 0 Å². The molecule has 0 amide bonds. The van der Waals surface area contributed by atoms with Crippen LogP contribution in [0.3, 0.4) is 0 Å². The number of benzene rings is 2. The summed E-state index contributed by atoms with van der Waals surface area (Å²) in [5.41, 5.74) is -1.39. The molecule has 0 spiro atoms. The predicted molar refractivity (Wildman–Crippen MR) is 73.3 cm³/mol. The normalized spacial score (nSPS) is 24.3. The molecular weight excluding hydrogens is 260 g/mol. The van der Waals surface area contributed by atoms with E-state index in [4.69, 9.17) is 4.74 Å². The van der Waals surface area contributed by atoms with Crippen LogP contribution in [0.15, 0.2) is 59.5 Å². The van der Waals surface area contributed by atoms with Crippen LogP contribution in [-0.4, -0.2) is 14.8 Å². The van der Waals surface area contributed by atoms with E-state index in [1.54, 1.807) is 19.1 Å². The first kappa shape index (κ1) is 12.4. The number of fused-ring (bicyclic) bond motifs is 1. The topological polar surface area (TPSA) is 46.5 Å². The predicted octanol–water partition coefficient (Wildman–Crippen LogP) is 2.42. The molecule has 0 saturated carbocycles. The lowest BCUT2D eigenvalue weighted by Gasteiger charge is -2.28. The molecule has 1 N–H and O–H groups in total. The average Bonchev–Trinajstić information content (AvgIpc) is 2.78. The lowest BCUT2D eigenvalue weighted by atomic mass is 9.97. The van der Waals surface area contributed by atoms with E-state index in [-0.39, 0.29) is 0 Å². The van der Waals surface area contributed by atoms with Crippen molar-refractivity contribution in [3.63, 3.8) is 0 Å². The maximum atomic E-state index is 12.4. The summed E-state index contributed by atoms with van der Waals surface area (Å²) < 4.78 is 18.1. The molecule has 0 aliphatic carbocycles. The Balaban J connectivity index is 1.99. The van der Waals surface area contributed by atoms with Crippen molar-refractivity contribution in [1.29, 1.82) is 0 Å². The zero-order valence-corrected chi connectivity index (χ0v) is 11.3. The first-order valence-corrected chi connectivity index (χ1v) is 7.26. The van der Waals surface area contributed by atoms with Crippen LogP contribution in [0.5, 0.6) is 5.75 Å². The molecule has 0 radical (unpaired) electrons. The third-order valence-electron chi connectivity index (χ3n) is 3.31. The van der Waals surface area contributed by atoms with E-state index in [0.717, 1.165) is 0 Å². The molecule has 19 heavy (non-hydrogen) atoms. The minimum atomic E-state index is -1.38. The molecule has 3 atom stereocenters. The van der Waals surface area contributed by atoms with Gasteiger partial charge in [-0.15, -0.1) is 0 Å². The molecule has 0 aromatic heterocycles. The Morgan fingerprint density at radius 2 is 1.74 bits per heavy atom. The summed E-state index contributed by atoms with van der Waals surface area (Å²) in [6.07, 6.45) is 0. The van der Waals surface area contributed by atoms with E-state index in [0.29, 0.717) is 16.2 Å². The van der Waals surface area contributed by atoms with Crippen LogP contribution in [0, 0.1) is 0 Å². The Morgan fingerprint density at radius 3 is 2.42 bits per heavy atom. The largest absolute Gasteiger partial charge is 0.472 e. The highest BCUT2D eigenvalue weighted by Crippen LogP contribution is 2.40. The number of para-hydroxylation sites is 1. The molecule has 2 aromatic carbocycles. The van der Waals surface area contributed by atoms with Crippen molar-refractivity contribution in [1.82, 2.24) is 0 Å². The van der Waals surface area contributed by atoms with Crippen molar-refractivity contribution >= 4 is 10.8 Å². The van der Waals surface area contributed by atoms with Gasteiger partial charge in [0, 0.05) is 0 Å². The average molecular weight is 274 g/mol. The quantitative estimate of drug-likeness (QED) is 0.915. The molecule has 1 heterocycles. The number of aliphatic hydroxyl groups is 1. The lowest BCUT2D eigenvalue weighted by molar-refractivity contribution is -0.00944. The zero-order valence-electron chi connectivity index (χ0n) is 10.4. The molecule has 1 aliphatic heterocycles. The summed E-state index contributed by atoms with van der Waals surface area (Å²) in [6.45, 7) is 1.64. The minimum absolute atomic E-state index is 0.585. The van der Waals surface area contributed by atoms with Crippen molar-refractivity contribution in [3.8, 4) is 5.75 Å². The second-order valence-electron chi connectivity index (χ2n) is 4.71. The first-order chi connectivity index (χ1) is 9.10. The van der Waals surface area contributed by atoms with Gasteiger partial charge >= 0.3 is 0 Å². The van der Waals surface area contributed by atoms with Gasteiger partial charge < -0.3 is 9.84 Å². The lowest BCUT2D eigenvalue weighted by Crippen LogP contribution is -2.41. The summed E-state index contributed by atoms with van der Waals surface area (Å²) in [5.74, 6) is 0.585. The molecule has 0 fully saturated rings. The van der Waals surface area contributed by atoms with Gasteiger partial charge in [-0.2, -0.15) is 0 Å². The standard InChI is InChI=1S/C15H14O3S/c1-15(16,11-7-3-2-4-8-11)14-18-12-9-5-6-10-13(12)19(14)17/h2-10,14,16H,1H3/t14-,15+,19?/m0/s1. The van der Waals surface area contributed by atoms with Crippen molar-refractivity contribution < 1.29 is 14.1 Å². The maximum absolute atomic E-state index is 12.4. The van der Waals surface area contributed by atoms with Gasteiger partial charge in [0.1, 0.15) is 22.2 Å². The Hall–Kier alpha value is -1.65. The molecule has 0 saturated heterocycles. The van der Waals surface area contributed by atoms with Crippen LogP contribution in [0.2, 0.25) is 0 Å². The molecule has 1 unspecified atom stereocenters. The molecule has 2 aromatic rings. The van der Waals surface area contributed by atoms with Crippen LogP contribution >= 0.6 is 0 Å². The molecular formula is C15H14O3S. The van der Waals surface area contributed by atoms with Crippen LogP contribution in [-0.2, 0) is 16.4 Å². The highest BCUT2D eigenvalue weighted by molar-refractivity contribution is 7.86. The van der Waals surface area contributed by atoms with Crippen molar-refractivity contribution in [2.24, 2.45) is 0 Å². The van der Waals surface area contributed by atoms with E-state index in [9.17, 15) is 9.32 Å². The SMILES string of the molecule is C[C@@](O)(c1ccccc1)[C@H]1Oc2ccccc2S1=O. The summed E-state index contributed by atoms with van der Waals surface area (Å²) in [6, 6.07) is 16.4. The van der Waals surface area contributed by atoms with Crippen LogP contribution in [0.1, 0.15) is 12.5 Å². The molecule has 3 nitrogen and oxygen atoms in total. The fraction of sp³-hybridized carbons (Fsp3) is 0.200. The smallest absolute Gasteiger partial charge is 0.210 e. The fourth-order valence-electron chi connectivity index (χ4n) is 2.22. The van der Waals surface area contributed by atoms with Gasteiger partial charge in [-0.1, -0.05) is 42.5 Å². The van der Waals surface area contributed by atoms with Crippen LogP contribution in [0.25, 0.3) is 0 Å². The first-order valence-electron chi connectivity index (χ1n) is 6.05. The highest BCUT2D eigenvalue weighted by Gasteiger charge is 2.45. The highest BCUT2D eigenvalue weighted by atomic mass is 32.2. The third kappa shape index (κ3) is 1.97. The Morgan fingerprint density at radius 1 is 1.11 bits per heavy atom. The van der Waals surface area contributed by atoms with Gasteiger partial charge in [-0.05, 0) is 24.6 Å². The van der Waals surface area contributed by atoms with E-state index in [1.807, 2.05) is 42.5 Å². The maximum Gasteiger partial charge on any atom is 0.210 e. The number of rotatable bonds is 2. The Labute approximate surface area is 114 Å². The Kier molecular flexibility index (Phi) is 2.92. The van der Waals surface area contributed by atoms with E-state index in [2.05, 4.69) is 0 Å². The van der Waals surface area contributed by atoms with Gasteiger partial charge in [-0.3, -0.25) is 4.21 Å². The Bertz CT molecular complexity index is 622. The van der Waals surface area contributed by atoms with Gasteiger partial charge in [0.15, 0.2) is 0 Å². The third-order valence-corrected chi connectivity index (χ3v) is 5.03. The molecule has 4 heteroatoms. The summed E-state index contributed by atoms with van der Waals surface area (Å²) in [5, 5.41) is 10.7. The zero-order chi connectivity index (χ0) is 13.5. The summed E-state index contributed by atoms with van der Waals surface area (Å²) in [7, 11) is -1.38. The van der Waals surface area contributed by atoms with Crippen molar-refractivity contribution in [3.05, 3.63) is 60.2 Å². The second-order valence-corrected chi connectivity index (χ2v) is 6.17. The monoisotopic (exact) mass is 274 g/mol. The molecule has 0 bridgehead atoms. The van der Waals surface area contributed by atoms with Gasteiger partial charge in [0.25, 0.3) is 0 Å². The van der Waals surface area contributed by atoms with Crippen molar-refractivity contribution in [2.45, 2.75) is 22.9 Å². The minimum Gasteiger partial charge on any atom is -0.472 e. The molecule has 1 aliphatic rings. The summed E-state index contributed by atoms with van der Waals surface area (Å²) in [4.78, 5) is 0.642. The van der Waals surface area contributed by atoms with Gasteiger partial charge in [-0.25, -0.2) is 0 Å².